The van der Waals surface area contributed by atoms with Crippen molar-refractivity contribution in [2.75, 3.05) is 5.75 Å². The first-order valence-corrected chi connectivity index (χ1v) is 7.17. The van der Waals surface area contributed by atoms with Gasteiger partial charge in [0.25, 0.3) is 0 Å². The van der Waals surface area contributed by atoms with E-state index in [2.05, 4.69) is 31.2 Å². The van der Waals surface area contributed by atoms with E-state index in [-0.39, 0.29) is 6.10 Å². The Kier molecular flexibility index (Phi) is 7.35. The maximum absolute atomic E-state index is 9.56. The molecule has 90 valence electrons. The molecular formula is C14H22OS. The molecule has 0 heterocycles. The molecule has 1 aromatic rings. The number of hydrogen-bond acceptors (Lipinski definition) is 2. The highest BCUT2D eigenvalue weighted by Gasteiger charge is 2.01. The van der Waals surface area contributed by atoms with Crippen LogP contribution in [0.3, 0.4) is 0 Å². The average molecular weight is 238 g/mol. The van der Waals surface area contributed by atoms with Crippen LogP contribution in [-0.2, 0) is 0 Å². The molecule has 0 saturated carbocycles. The monoisotopic (exact) mass is 238 g/mol. The van der Waals surface area contributed by atoms with Gasteiger partial charge in [-0.2, -0.15) is 0 Å². The van der Waals surface area contributed by atoms with Crippen LogP contribution in [0, 0.1) is 0 Å². The molecule has 0 fully saturated rings. The van der Waals surface area contributed by atoms with E-state index in [9.17, 15) is 5.11 Å². The van der Waals surface area contributed by atoms with Gasteiger partial charge >= 0.3 is 0 Å². The van der Waals surface area contributed by atoms with Gasteiger partial charge in [0, 0.05) is 4.90 Å². The number of thioether (sulfide) groups is 1. The normalized spacial score (nSPS) is 12.6. The number of benzene rings is 1. The Bertz CT molecular complexity index is 261. The Morgan fingerprint density at radius 3 is 2.56 bits per heavy atom. The molecule has 1 N–H and O–H groups in total. The highest BCUT2D eigenvalue weighted by molar-refractivity contribution is 7.99. The fraction of sp³-hybridized carbons (Fsp3) is 0.571. The van der Waals surface area contributed by atoms with Gasteiger partial charge in [-0.3, -0.25) is 0 Å². The molecule has 0 spiro atoms. The molecule has 1 aromatic carbocycles. The highest BCUT2D eigenvalue weighted by Crippen LogP contribution is 2.19. The third-order valence-electron chi connectivity index (χ3n) is 2.57. The zero-order valence-electron chi connectivity index (χ0n) is 10.1. The zero-order valence-corrected chi connectivity index (χ0v) is 10.9. The Hall–Kier alpha value is -0.470. The van der Waals surface area contributed by atoms with Crippen molar-refractivity contribution in [3.05, 3.63) is 30.3 Å². The number of unbranched alkanes of at least 4 members (excludes halogenated alkanes) is 1. The van der Waals surface area contributed by atoms with Crippen LogP contribution in [0.2, 0.25) is 0 Å². The van der Waals surface area contributed by atoms with Crippen LogP contribution >= 0.6 is 11.8 Å². The molecule has 0 bridgehead atoms. The minimum Gasteiger partial charge on any atom is -0.393 e. The first-order chi connectivity index (χ1) is 7.83. The summed E-state index contributed by atoms with van der Waals surface area (Å²) in [5, 5.41) is 9.56. The van der Waals surface area contributed by atoms with Crippen molar-refractivity contribution >= 4 is 11.8 Å². The summed E-state index contributed by atoms with van der Waals surface area (Å²) in [4.78, 5) is 1.34. The SMILES string of the molecule is CCCC(O)CCCCSc1ccccc1. The lowest BCUT2D eigenvalue weighted by atomic mass is 10.1. The fourth-order valence-electron chi connectivity index (χ4n) is 1.67. The molecule has 0 aliphatic rings. The standard InChI is InChI=1S/C14H22OS/c1-2-8-13(15)9-6-7-12-16-14-10-4-3-5-11-14/h3-5,10-11,13,15H,2,6-9,12H2,1H3. The van der Waals surface area contributed by atoms with E-state index in [1.54, 1.807) is 0 Å². The Morgan fingerprint density at radius 2 is 1.88 bits per heavy atom. The third-order valence-corrected chi connectivity index (χ3v) is 3.66. The number of hydrogen-bond donors (Lipinski definition) is 1. The van der Waals surface area contributed by atoms with Crippen molar-refractivity contribution < 1.29 is 5.11 Å². The van der Waals surface area contributed by atoms with E-state index in [4.69, 9.17) is 0 Å². The van der Waals surface area contributed by atoms with Gasteiger partial charge in [-0.1, -0.05) is 38.0 Å². The number of aliphatic hydroxyl groups excluding tert-OH is 1. The fourth-order valence-corrected chi connectivity index (χ4v) is 2.60. The second kappa shape index (κ2) is 8.66. The first kappa shape index (κ1) is 13.6. The molecule has 1 unspecified atom stereocenters. The third kappa shape index (κ3) is 6.19. The van der Waals surface area contributed by atoms with Crippen LogP contribution in [-0.4, -0.2) is 17.0 Å². The Labute approximate surface area is 103 Å². The lowest BCUT2D eigenvalue weighted by molar-refractivity contribution is 0.151. The topological polar surface area (TPSA) is 20.2 Å². The number of rotatable bonds is 8. The van der Waals surface area contributed by atoms with Crippen LogP contribution in [0.25, 0.3) is 0 Å². The molecule has 1 nitrogen and oxygen atoms in total. The van der Waals surface area contributed by atoms with E-state index in [0.717, 1.165) is 31.4 Å². The molecule has 2 heteroatoms. The van der Waals surface area contributed by atoms with Crippen molar-refractivity contribution in [3.8, 4) is 0 Å². The van der Waals surface area contributed by atoms with Gasteiger partial charge < -0.3 is 5.11 Å². The maximum Gasteiger partial charge on any atom is 0.0540 e. The van der Waals surface area contributed by atoms with Crippen LogP contribution in [0.4, 0.5) is 0 Å². The van der Waals surface area contributed by atoms with Crippen LogP contribution < -0.4 is 0 Å². The van der Waals surface area contributed by atoms with E-state index >= 15 is 0 Å². The summed E-state index contributed by atoms with van der Waals surface area (Å²) >= 11 is 1.90. The van der Waals surface area contributed by atoms with Crippen LogP contribution in [0.1, 0.15) is 39.0 Å². The Balaban J connectivity index is 2.00. The maximum atomic E-state index is 9.56. The summed E-state index contributed by atoms with van der Waals surface area (Å²) < 4.78 is 0. The summed E-state index contributed by atoms with van der Waals surface area (Å²) in [6.45, 7) is 2.12. The van der Waals surface area contributed by atoms with Crippen molar-refractivity contribution in [1.29, 1.82) is 0 Å². The molecule has 0 saturated heterocycles. The quantitative estimate of drug-likeness (QED) is 0.543. The summed E-state index contributed by atoms with van der Waals surface area (Å²) in [5.41, 5.74) is 0. The molecule has 1 rings (SSSR count). The van der Waals surface area contributed by atoms with Gasteiger partial charge in [0.15, 0.2) is 0 Å². The van der Waals surface area contributed by atoms with Crippen LogP contribution in [0.15, 0.2) is 35.2 Å². The number of aliphatic hydroxyl groups is 1. The summed E-state index contributed by atoms with van der Waals surface area (Å²) in [5.74, 6) is 1.16. The van der Waals surface area contributed by atoms with E-state index in [1.165, 1.54) is 11.3 Å². The van der Waals surface area contributed by atoms with E-state index in [1.807, 2.05) is 17.8 Å². The van der Waals surface area contributed by atoms with Gasteiger partial charge in [-0.25, -0.2) is 0 Å². The minimum absolute atomic E-state index is 0.0771. The molecule has 16 heavy (non-hydrogen) atoms. The molecule has 0 radical (unpaired) electrons. The van der Waals surface area contributed by atoms with Crippen molar-refractivity contribution in [1.82, 2.24) is 0 Å². The van der Waals surface area contributed by atoms with E-state index in [0.29, 0.717) is 0 Å². The van der Waals surface area contributed by atoms with Gasteiger partial charge in [0.05, 0.1) is 6.10 Å². The molecule has 0 aliphatic carbocycles. The first-order valence-electron chi connectivity index (χ1n) is 6.19. The zero-order chi connectivity index (χ0) is 11.6. The molecular weight excluding hydrogens is 216 g/mol. The van der Waals surface area contributed by atoms with Crippen molar-refractivity contribution in [3.63, 3.8) is 0 Å². The second-order valence-electron chi connectivity index (χ2n) is 4.10. The lowest BCUT2D eigenvalue weighted by Gasteiger charge is -2.08. The molecule has 0 aliphatic heterocycles. The Morgan fingerprint density at radius 1 is 1.12 bits per heavy atom. The average Bonchev–Trinajstić information content (AvgIpc) is 2.30. The lowest BCUT2D eigenvalue weighted by Crippen LogP contribution is -2.05. The van der Waals surface area contributed by atoms with Gasteiger partial charge in [0.2, 0.25) is 0 Å². The molecule has 0 amide bonds. The predicted octanol–water partition coefficient (Wildman–Crippen LogP) is 4.11. The highest BCUT2D eigenvalue weighted by atomic mass is 32.2. The van der Waals surface area contributed by atoms with Crippen molar-refractivity contribution in [2.24, 2.45) is 0 Å². The van der Waals surface area contributed by atoms with Gasteiger partial charge in [-0.05, 0) is 37.1 Å². The molecule has 1 atom stereocenters. The van der Waals surface area contributed by atoms with Gasteiger partial charge in [-0.15, -0.1) is 11.8 Å². The van der Waals surface area contributed by atoms with Crippen LogP contribution in [0.5, 0.6) is 0 Å². The summed E-state index contributed by atoms with van der Waals surface area (Å²) in [6.07, 6.45) is 5.25. The predicted molar refractivity (Wildman–Crippen MR) is 71.9 cm³/mol. The smallest absolute Gasteiger partial charge is 0.0540 e. The van der Waals surface area contributed by atoms with Crippen molar-refractivity contribution in [2.45, 2.75) is 50.0 Å². The largest absolute Gasteiger partial charge is 0.393 e. The van der Waals surface area contributed by atoms with Gasteiger partial charge in [0.1, 0.15) is 0 Å². The molecule has 0 aromatic heterocycles. The minimum atomic E-state index is -0.0771. The summed E-state index contributed by atoms with van der Waals surface area (Å²) in [6, 6.07) is 10.5. The van der Waals surface area contributed by atoms with E-state index < -0.39 is 0 Å². The summed E-state index contributed by atoms with van der Waals surface area (Å²) in [7, 11) is 0. The second-order valence-corrected chi connectivity index (χ2v) is 5.27.